The molecule has 0 spiro atoms. The molecular formula is C17H16N2O2. The van der Waals surface area contributed by atoms with Crippen LogP contribution < -0.4 is 5.73 Å². The van der Waals surface area contributed by atoms with Gasteiger partial charge in [-0.05, 0) is 11.1 Å². The predicted octanol–water partition coefficient (Wildman–Crippen LogP) is 2.08. The third-order valence-corrected chi connectivity index (χ3v) is 3.57. The monoisotopic (exact) mass is 280 g/mol. The Morgan fingerprint density at radius 2 is 1.38 bits per heavy atom. The van der Waals surface area contributed by atoms with Crippen LogP contribution in [0.15, 0.2) is 65.7 Å². The highest BCUT2D eigenvalue weighted by Gasteiger charge is 2.46. The third-order valence-electron chi connectivity index (χ3n) is 3.57. The van der Waals surface area contributed by atoms with Crippen LogP contribution in [-0.2, 0) is 22.4 Å². The SMILES string of the molecule is NC1=NC(=O)C(Cc2ccccc2)(Cc2ccccc2)O1. The first-order valence-electron chi connectivity index (χ1n) is 6.83. The van der Waals surface area contributed by atoms with Crippen LogP contribution in [0, 0.1) is 0 Å². The lowest BCUT2D eigenvalue weighted by Crippen LogP contribution is -2.43. The summed E-state index contributed by atoms with van der Waals surface area (Å²) in [5.41, 5.74) is 6.62. The number of benzene rings is 2. The first kappa shape index (κ1) is 13.4. The van der Waals surface area contributed by atoms with Gasteiger partial charge in [-0.3, -0.25) is 4.79 Å². The van der Waals surface area contributed by atoms with Crippen LogP contribution in [0.2, 0.25) is 0 Å². The zero-order valence-electron chi connectivity index (χ0n) is 11.5. The van der Waals surface area contributed by atoms with E-state index in [1.54, 1.807) is 0 Å². The number of ether oxygens (including phenoxy) is 1. The molecular weight excluding hydrogens is 264 g/mol. The van der Waals surface area contributed by atoms with Crippen molar-refractivity contribution in [2.75, 3.05) is 0 Å². The molecule has 0 aliphatic carbocycles. The van der Waals surface area contributed by atoms with Crippen molar-refractivity contribution in [1.82, 2.24) is 0 Å². The first-order valence-corrected chi connectivity index (χ1v) is 6.83. The van der Waals surface area contributed by atoms with Crippen LogP contribution in [0.4, 0.5) is 0 Å². The summed E-state index contributed by atoms with van der Waals surface area (Å²) >= 11 is 0. The van der Waals surface area contributed by atoms with Gasteiger partial charge < -0.3 is 10.5 Å². The van der Waals surface area contributed by atoms with Crippen LogP contribution in [-0.4, -0.2) is 17.5 Å². The number of amidine groups is 1. The van der Waals surface area contributed by atoms with E-state index < -0.39 is 5.60 Å². The van der Waals surface area contributed by atoms with E-state index in [1.165, 1.54) is 0 Å². The van der Waals surface area contributed by atoms with Crippen molar-refractivity contribution in [2.45, 2.75) is 18.4 Å². The van der Waals surface area contributed by atoms with Gasteiger partial charge in [0.05, 0.1) is 0 Å². The number of rotatable bonds is 4. The van der Waals surface area contributed by atoms with Gasteiger partial charge in [0, 0.05) is 12.8 Å². The molecule has 0 fully saturated rings. The Labute approximate surface area is 123 Å². The summed E-state index contributed by atoms with van der Waals surface area (Å²) in [5.74, 6) is -0.312. The van der Waals surface area contributed by atoms with Crippen LogP contribution in [0.3, 0.4) is 0 Å². The zero-order chi connectivity index (χ0) is 14.7. The van der Waals surface area contributed by atoms with Gasteiger partial charge in [-0.2, -0.15) is 4.99 Å². The average molecular weight is 280 g/mol. The number of nitrogens with zero attached hydrogens (tertiary/aromatic N) is 1. The van der Waals surface area contributed by atoms with E-state index >= 15 is 0 Å². The second-order valence-electron chi connectivity index (χ2n) is 5.18. The Morgan fingerprint density at radius 1 is 0.905 bits per heavy atom. The van der Waals surface area contributed by atoms with Gasteiger partial charge in [0.15, 0.2) is 0 Å². The number of amides is 1. The van der Waals surface area contributed by atoms with Gasteiger partial charge in [0.2, 0.25) is 5.60 Å². The molecule has 0 aromatic heterocycles. The molecule has 1 aliphatic rings. The number of nitrogens with two attached hydrogens (primary N) is 1. The van der Waals surface area contributed by atoms with E-state index in [0.717, 1.165) is 11.1 Å². The summed E-state index contributed by atoms with van der Waals surface area (Å²) in [6.45, 7) is 0. The quantitative estimate of drug-likeness (QED) is 0.932. The van der Waals surface area contributed by atoms with Crippen LogP contribution >= 0.6 is 0 Å². The number of aliphatic imine (C=N–C) groups is 1. The van der Waals surface area contributed by atoms with Crippen molar-refractivity contribution < 1.29 is 9.53 Å². The minimum absolute atomic E-state index is 0.0492. The highest BCUT2D eigenvalue weighted by Crippen LogP contribution is 2.28. The summed E-state index contributed by atoms with van der Waals surface area (Å²) in [6, 6.07) is 19.5. The fourth-order valence-corrected chi connectivity index (χ4v) is 2.61. The van der Waals surface area contributed by atoms with Gasteiger partial charge in [-0.25, -0.2) is 0 Å². The Morgan fingerprint density at radius 3 is 1.76 bits per heavy atom. The normalized spacial score (nSPS) is 16.4. The lowest BCUT2D eigenvalue weighted by molar-refractivity contribution is -0.130. The van der Waals surface area contributed by atoms with Crippen LogP contribution in [0.1, 0.15) is 11.1 Å². The highest BCUT2D eigenvalue weighted by atomic mass is 16.5. The smallest absolute Gasteiger partial charge is 0.295 e. The predicted molar refractivity (Wildman–Crippen MR) is 80.7 cm³/mol. The molecule has 1 aliphatic heterocycles. The lowest BCUT2D eigenvalue weighted by Gasteiger charge is -2.26. The second kappa shape index (κ2) is 5.40. The highest BCUT2D eigenvalue weighted by molar-refractivity contribution is 6.01. The zero-order valence-corrected chi connectivity index (χ0v) is 11.5. The van der Waals surface area contributed by atoms with Crippen molar-refractivity contribution in [1.29, 1.82) is 0 Å². The van der Waals surface area contributed by atoms with Crippen molar-refractivity contribution in [3.8, 4) is 0 Å². The lowest BCUT2D eigenvalue weighted by atomic mass is 9.87. The molecule has 106 valence electrons. The van der Waals surface area contributed by atoms with E-state index in [4.69, 9.17) is 10.5 Å². The summed E-state index contributed by atoms with van der Waals surface area (Å²) in [7, 11) is 0. The first-order chi connectivity index (χ1) is 10.2. The van der Waals surface area contributed by atoms with Gasteiger partial charge >= 0.3 is 0 Å². The molecule has 0 atom stereocenters. The maximum atomic E-state index is 12.3. The minimum atomic E-state index is -1.03. The average Bonchev–Trinajstić information content (AvgIpc) is 2.75. The second-order valence-corrected chi connectivity index (χ2v) is 5.18. The van der Waals surface area contributed by atoms with Crippen molar-refractivity contribution in [3.05, 3.63) is 71.8 Å². The van der Waals surface area contributed by atoms with E-state index in [2.05, 4.69) is 4.99 Å². The molecule has 1 amide bonds. The Hall–Kier alpha value is -2.62. The van der Waals surface area contributed by atoms with E-state index in [0.29, 0.717) is 12.8 Å². The van der Waals surface area contributed by atoms with Gasteiger partial charge in [-0.15, -0.1) is 0 Å². The molecule has 4 nitrogen and oxygen atoms in total. The summed E-state index contributed by atoms with van der Waals surface area (Å²) in [5, 5.41) is 0. The van der Waals surface area contributed by atoms with Crippen molar-refractivity contribution in [3.63, 3.8) is 0 Å². The Bertz CT molecular complexity index is 624. The molecule has 0 saturated heterocycles. The topological polar surface area (TPSA) is 64.7 Å². The summed E-state index contributed by atoms with van der Waals surface area (Å²) < 4.78 is 5.65. The minimum Gasteiger partial charge on any atom is -0.448 e. The number of hydrogen-bond donors (Lipinski definition) is 1. The molecule has 0 saturated carbocycles. The van der Waals surface area contributed by atoms with Crippen molar-refractivity contribution >= 4 is 11.9 Å². The molecule has 2 N–H and O–H groups in total. The molecule has 1 heterocycles. The Kier molecular flexibility index (Phi) is 3.44. The maximum Gasteiger partial charge on any atom is 0.295 e. The number of hydrogen-bond acceptors (Lipinski definition) is 3. The third kappa shape index (κ3) is 2.79. The molecule has 2 aromatic carbocycles. The van der Waals surface area contributed by atoms with Crippen LogP contribution in [0.25, 0.3) is 0 Å². The number of carbonyl (C=O) groups is 1. The molecule has 21 heavy (non-hydrogen) atoms. The number of carbonyl (C=O) groups excluding carboxylic acids is 1. The molecule has 0 bridgehead atoms. The van der Waals surface area contributed by atoms with E-state index in [9.17, 15) is 4.79 Å². The summed E-state index contributed by atoms with van der Waals surface area (Å²) in [6.07, 6.45) is 0.900. The maximum absolute atomic E-state index is 12.3. The van der Waals surface area contributed by atoms with Gasteiger partial charge in [0.1, 0.15) is 0 Å². The molecule has 3 rings (SSSR count). The van der Waals surface area contributed by atoms with E-state index in [1.807, 2.05) is 60.7 Å². The summed E-state index contributed by atoms with van der Waals surface area (Å²) in [4.78, 5) is 16.1. The van der Waals surface area contributed by atoms with Gasteiger partial charge in [0.25, 0.3) is 11.9 Å². The van der Waals surface area contributed by atoms with Crippen molar-refractivity contribution in [2.24, 2.45) is 10.7 Å². The molecule has 0 unspecified atom stereocenters. The standard InChI is InChI=1S/C17H16N2O2/c18-16-19-15(20)17(21-16,11-13-7-3-1-4-8-13)12-14-9-5-2-6-10-14/h1-10H,11-12H2,(H2,18,19,20). The Balaban J connectivity index is 1.91. The molecule has 0 radical (unpaired) electrons. The largest absolute Gasteiger partial charge is 0.448 e. The fraction of sp³-hybridized carbons (Fsp3) is 0.176. The van der Waals surface area contributed by atoms with E-state index in [-0.39, 0.29) is 11.9 Å². The fourth-order valence-electron chi connectivity index (χ4n) is 2.61. The van der Waals surface area contributed by atoms with Gasteiger partial charge in [-0.1, -0.05) is 60.7 Å². The molecule has 4 heteroatoms. The molecule has 2 aromatic rings. The van der Waals surface area contributed by atoms with Crippen LogP contribution in [0.5, 0.6) is 0 Å².